The Balaban J connectivity index is 1.59. The number of methoxy groups -OCH3 is 1. The van der Waals surface area contributed by atoms with Crippen LogP contribution < -0.4 is 19.9 Å². The summed E-state index contributed by atoms with van der Waals surface area (Å²) in [4.78, 5) is 36.9. The van der Waals surface area contributed by atoms with E-state index < -0.39 is 5.92 Å². The highest BCUT2D eigenvalue weighted by Crippen LogP contribution is 2.26. The van der Waals surface area contributed by atoms with Crippen molar-refractivity contribution in [2.45, 2.75) is 13.0 Å². The molecule has 0 spiro atoms. The van der Waals surface area contributed by atoms with Crippen LogP contribution in [0.1, 0.15) is 12.2 Å². The maximum atomic E-state index is 12.5. The van der Waals surface area contributed by atoms with Crippen LogP contribution in [-0.2, 0) is 16.1 Å². The Morgan fingerprint density at radius 1 is 1.30 bits per heavy atom. The van der Waals surface area contributed by atoms with Crippen molar-refractivity contribution in [1.29, 1.82) is 0 Å². The summed E-state index contributed by atoms with van der Waals surface area (Å²) in [5.41, 5.74) is 0.762. The molecule has 1 unspecified atom stereocenters. The minimum absolute atomic E-state index is 0.0637. The van der Waals surface area contributed by atoms with Crippen LogP contribution in [0.4, 0.5) is 11.5 Å². The summed E-state index contributed by atoms with van der Waals surface area (Å²) in [5, 5.41) is 2.84. The molecule has 1 aliphatic rings. The third-order valence-corrected chi connectivity index (χ3v) is 4.45. The Hall–Kier alpha value is -3.16. The van der Waals surface area contributed by atoms with Crippen LogP contribution in [0.2, 0.25) is 0 Å². The van der Waals surface area contributed by atoms with Crippen molar-refractivity contribution in [1.82, 2.24) is 15.3 Å². The highest BCUT2D eigenvalue weighted by molar-refractivity contribution is 6.00. The number of amides is 2. The van der Waals surface area contributed by atoms with E-state index in [4.69, 9.17) is 4.74 Å². The maximum absolute atomic E-state index is 12.5. The van der Waals surface area contributed by atoms with Gasteiger partial charge in [-0.1, -0.05) is 0 Å². The number of benzene rings is 1. The van der Waals surface area contributed by atoms with Gasteiger partial charge >= 0.3 is 0 Å². The Bertz CT molecular complexity index is 822. The van der Waals surface area contributed by atoms with Crippen molar-refractivity contribution >= 4 is 23.3 Å². The summed E-state index contributed by atoms with van der Waals surface area (Å²) in [6, 6.07) is 9.03. The Labute approximate surface area is 158 Å². The first kappa shape index (κ1) is 18.6. The van der Waals surface area contributed by atoms with Gasteiger partial charge in [0.25, 0.3) is 0 Å². The topological polar surface area (TPSA) is 87.7 Å². The quantitative estimate of drug-likeness (QED) is 0.824. The molecular weight excluding hydrogens is 346 g/mol. The first-order chi connectivity index (χ1) is 13.0. The van der Waals surface area contributed by atoms with Gasteiger partial charge in [0.2, 0.25) is 11.8 Å². The molecule has 1 saturated heterocycles. The summed E-state index contributed by atoms with van der Waals surface area (Å²) < 4.78 is 5.13. The zero-order valence-electron chi connectivity index (χ0n) is 15.7. The van der Waals surface area contributed by atoms with Gasteiger partial charge in [-0.05, 0) is 30.3 Å². The number of ether oxygens (including phenoxy) is 1. The molecule has 1 N–H and O–H groups in total. The van der Waals surface area contributed by atoms with E-state index in [1.165, 1.54) is 0 Å². The number of rotatable bonds is 6. The van der Waals surface area contributed by atoms with Gasteiger partial charge in [-0.15, -0.1) is 0 Å². The third-order valence-electron chi connectivity index (χ3n) is 4.45. The molecule has 1 aromatic heterocycles. The molecule has 1 atom stereocenters. The van der Waals surface area contributed by atoms with Crippen molar-refractivity contribution in [2.24, 2.45) is 5.92 Å². The smallest absolute Gasteiger partial charge is 0.227 e. The predicted octanol–water partition coefficient (Wildman–Crippen LogP) is 1.22. The van der Waals surface area contributed by atoms with E-state index in [-0.39, 0.29) is 24.8 Å². The van der Waals surface area contributed by atoms with Crippen molar-refractivity contribution < 1.29 is 14.3 Å². The van der Waals surface area contributed by atoms with E-state index in [0.29, 0.717) is 12.4 Å². The summed E-state index contributed by atoms with van der Waals surface area (Å²) in [6.07, 6.45) is 1.85. The highest BCUT2D eigenvalue weighted by atomic mass is 16.5. The van der Waals surface area contributed by atoms with Gasteiger partial charge in [0.05, 0.1) is 19.6 Å². The van der Waals surface area contributed by atoms with Crippen LogP contribution in [0.25, 0.3) is 0 Å². The largest absolute Gasteiger partial charge is 0.497 e. The lowest BCUT2D eigenvalue weighted by Gasteiger charge is -2.17. The fourth-order valence-electron chi connectivity index (χ4n) is 2.93. The number of aromatic nitrogens is 2. The number of nitrogens with zero attached hydrogens (tertiary/aromatic N) is 4. The van der Waals surface area contributed by atoms with E-state index in [9.17, 15) is 9.59 Å². The molecule has 1 fully saturated rings. The van der Waals surface area contributed by atoms with Crippen LogP contribution in [0.15, 0.2) is 36.5 Å². The number of carbonyl (C=O) groups is 2. The van der Waals surface area contributed by atoms with Gasteiger partial charge < -0.3 is 19.9 Å². The molecule has 3 rings (SSSR count). The zero-order chi connectivity index (χ0) is 19.4. The zero-order valence-corrected chi connectivity index (χ0v) is 15.7. The second-order valence-corrected chi connectivity index (χ2v) is 6.55. The van der Waals surface area contributed by atoms with Gasteiger partial charge in [0, 0.05) is 38.9 Å². The van der Waals surface area contributed by atoms with E-state index in [1.807, 2.05) is 31.1 Å². The van der Waals surface area contributed by atoms with Crippen LogP contribution >= 0.6 is 0 Å². The van der Waals surface area contributed by atoms with E-state index in [1.54, 1.807) is 36.4 Å². The van der Waals surface area contributed by atoms with Crippen LogP contribution in [0, 0.1) is 5.92 Å². The normalized spacial score (nSPS) is 16.3. The van der Waals surface area contributed by atoms with Crippen LogP contribution in [0.5, 0.6) is 5.75 Å². The molecule has 8 heteroatoms. The number of nitrogens with one attached hydrogen (secondary N) is 1. The SMILES string of the molecule is COc1ccc(N2CC(C(=O)NCc3nccc(N(C)C)n3)CC2=O)cc1. The Kier molecular flexibility index (Phi) is 5.54. The maximum Gasteiger partial charge on any atom is 0.227 e. The van der Waals surface area contributed by atoms with E-state index in [2.05, 4.69) is 15.3 Å². The molecule has 1 aromatic carbocycles. The van der Waals surface area contributed by atoms with Crippen LogP contribution in [-0.4, -0.2) is 49.5 Å². The van der Waals surface area contributed by atoms with Crippen LogP contribution in [0.3, 0.4) is 0 Å². The number of hydrogen-bond donors (Lipinski definition) is 1. The molecule has 1 aliphatic heterocycles. The fourth-order valence-corrected chi connectivity index (χ4v) is 2.93. The van der Waals surface area contributed by atoms with Gasteiger partial charge in [0.15, 0.2) is 0 Å². The summed E-state index contributed by atoms with van der Waals surface area (Å²) >= 11 is 0. The molecule has 0 aliphatic carbocycles. The lowest BCUT2D eigenvalue weighted by Crippen LogP contribution is -2.33. The Morgan fingerprint density at radius 3 is 2.70 bits per heavy atom. The van der Waals surface area contributed by atoms with Crippen molar-refractivity contribution in [3.63, 3.8) is 0 Å². The van der Waals surface area contributed by atoms with E-state index in [0.717, 1.165) is 17.3 Å². The van der Waals surface area contributed by atoms with Crippen molar-refractivity contribution in [2.75, 3.05) is 37.5 Å². The molecule has 0 radical (unpaired) electrons. The number of hydrogen-bond acceptors (Lipinski definition) is 6. The van der Waals surface area contributed by atoms with Crippen molar-refractivity contribution in [3.05, 3.63) is 42.4 Å². The lowest BCUT2D eigenvalue weighted by atomic mass is 10.1. The molecule has 27 heavy (non-hydrogen) atoms. The first-order valence-corrected chi connectivity index (χ1v) is 8.69. The molecule has 142 valence electrons. The predicted molar refractivity (Wildman–Crippen MR) is 102 cm³/mol. The van der Waals surface area contributed by atoms with Gasteiger partial charge in [-0.3, -0.25) is 9.59 Å². The van der Waals surface area contributed by atoms with Crippen molar-refractivity contribution in [3.8, 4) is 5.75 Å². The molecule has 2 aromatic rings. The minimum Gasteiger partial charge on any atom is -0.497 e. The first-order valence-electron chi connectivity index (χ1n) is 8.69. The highest BCUT2D eigenvalue weighted by Gasteiger charge is 2.35. The molecular formula is C19H23N5O3. The Morgan fingerprint density at radius 2 is 2.04 bits per heavy atom. The monoisotopic (exact) mass is 369 g/mol. The molecule has 0 saturated carbocycles. The molecule has 2 heterocycles. The number of anilines is 2. The summed E-state index contributed by atoms with van der Waals surface area (Å²) in [5.74, 6) is 1.41. The lowest BCUT2D eigenvalue weighted by molar-refractivity contribution is -0.126. The average molecular weight is 369 g/mol. The van der Waals surface area contributed by atoms with Gasteiger partial charge in [-0.2, -0.15) is 0 Å². The third kappa shape index (κ3) is 4.33. The minimum atomic E-state index is -0.392. The van der Waals surface area contributed by atoms with Gasteiger partial charge in [0.1, 0.15) is 17.4 Å². The van der Waals surface area contributed by atoms with Gasteiger partial charge in [-0.25, -0.2) is 9.97 Å². The summed E-state index contributed by atoms with van der Waals surface area (Å²) in [7, 11) is 5.37. The number of carbonyl (C=O) groups excluding carboxylic acids is 2. The molecule has 2 amide bonds. The molecule has 8 nitrogen and oxygen atoms in total. The fraction of sp³-hybridized carbons (Fsp3) is 0.368. The second-order valence-electron chi connectivity index (χ2n) is 6.55. The average Bonchev–Trinajstić information content (AvgIpc) is 3.08. The van der Waals surface area contributed by atoms with E-state index >= 15 is 0 Å². The second kappa shape index (κ2) is 8.03. The molecule has 0 bridgehead atoms. The summed E-state index contributed by atoms with van der Waals surface area (Å²) in [6.45, 7) is 0.587. The standard InChI is InChI=1S/C19H23N5O3/c1-23(2)17-8-9-20-16(22-17)11-21-19(26)13-10-18(25)24(12-13)14-4-6-15(27-3)7-5-14/h4-9,13H,10-12H2,1-3H3,(H,21,26).